The molecule has 0 bridgehead atoms. The summed E-state index contributed by atoms with van der Waals surface area (Å²) in [6.45, 7) is 0. The van der Waals surface area contributed by atoms with Gasteiger partial charge in [-0.05, 0) is 41.5 Å². The predicted octanol–water partition coefficient (Wildman–Crippen LogP) is 6.77. The van der Waals surface area contributed by atoms with Gasteiger partial charge < -0.3 is 0 Å². The molecule has 0 unspecified atom stereocenters. The molecule has 0 fully saturated rings. The van der Waals surface area contributed by atoms with Gasteiger partial charge in [0.05, 0.1) is 11.0 Å². The molecule has 0 aliphatic carbocycles. The molecule has 5 aromatic rings. The van der Waals surface area contributed by atoms with Crippen molar-refractivity contribution >= 4 is 33.4 Å². The number of rotatable bonds is 2. The summed E-state index contributed by atoms with van der Waals surface area (Å²) in [4.78, 5) is 9.17. The highest BCUT2D eigenvalue weighted by Gasteiger charge is 2.10. The third kappa shape index (κ3) is 2.84. The molecule has 0 aliphatic rings. The normalized spacial score (nSPS) is 11.1. The van der Waals surface area contributed by atoms with Crippen molar-refractivity contribution in [1.29, 1.82) is 0 Å². The van der Waals surface area contributed by atoms with E-state index in [0.717, 1.165) is 44.1 Å². The van der Waals surface area contributed by atoms with Crippen molar-refractivity contribution < 1.29 is 0 Å². The zero-order chi connectivity index (χ0) is 18.2. The second kappa shape index (κ2) is 6.49. The number of halogens is 1. The molecule has 2 aromatic heterocycles. The van der Waals surface area contributed by atoms with Crippen molar-refractivity contribution in [3.05, 3.63) is 96.3 Å². The maximum atomic E-state index is 6.51. The van der Waals surface area contributed by atoms with E-state index in [1.54, 1.807) is 0 Å². The van der Waals surface area contributed by atoms with Crippen molar-refractivity contribution in [1.82, 2.24) is 9.97 Å². The lowest BCUT2D eigenvalue weighted by Gasteiger charge is -2.11. The van der Waals surface area contributed by atoms with E-state index < -0.39 is 0 Å². The Morgan fingerprint density at radius 3 is 1.56 bits per heavy atom. The van der Waals surface area contributed by atoms with Crippen molar-refractivity contribution in [2.45, 2.75) is 0 Å². The van der Waals surface area contributed by atoms with Crippen molar-refractivity contribution in [2.24, 2.45) is 0 Å². The Bertz CT molecular complexity index is 1190. The van der Waals surface area contributed by atoms with Crippen LogP contribution in [0.4, 0.5) is 0 Å². The molecule has 3 heteroatoms. The van der Waals surface area contributed by atoms with Crippen LogP contribution in [0, 0.1) is 0 Å². The largest absolute Gasteiger partial charge is 0.256 e. The van der Waals surface area contributed by atoms with E-state index in [-0.39, 0.29) is 0 Å². The maximum Gasteiger partial charge on any atom is 0.0780 e. The standard InChI is InChI=1S/C24H15ClN2/c25-20-14-18(21-9-1-5-16-7-3-11-26-23(16)21)13-19(15-20)22-10-2-6-17-8-4-12-27-24(17)22/h1-15H. The van der Waals surface area contributed by atoms with Gasteiger partial charge in [0.25, 0.3) is 0 Å². The molecule has 0 N–H and O–H groups in total. The Morgan fingerprint density at radius 2 is 1.04 bits per heavy atom. The van der Waals surface area contributed by atoms with Crippen molar-refractivity contribution in [2.75, 3.05) is 0 Å². The average molecular weight is 367 g/mol. The molecular weight excluding hydrogens is 352 g/mol. The first-order chi connectivity index (χ1) is 13.3. The average Bonchev–Trinajstić information content (AvgIpc) is 2.72. The zero-order valence-corrected chi connectivity index (χ0v) is 15.2. The fourth-order valence-corrected chi connectivity index (χ4v) is 3.81. The van der Waals surface area contributed by atoms with Gasteiger partial charge in [0.1, 0.15) is 0 Å². The third-order valence-electron chi connectivity index (χ3n) is 4.79. The molecule has 0 spiro atoms. The number of aromatic nitrogens is 2. The summed E-state index contributed by atoms with van der Waals surface area (Å²) in [5.41, 5.74) is 6.20. The summed E-state index contributed by atoms with van der Waals surface area (Å²) < 4.78 is 0. The molecular formula is C24H15ClN2. The molecule has 5 rings (SSSR count). The van der Waals surface area contributed by atoms with Gasteiger partial charge in [-0.15, -0.1) is 0 Å². The second-order valence-electron chi connectivity index (χ2n) is 6.49. The summed E-state index contributed by atoms with van der Waals surface area (Å²) in [5, 5.41) is 2.93. The number of benzene rings is 3. The molecule has 2 heterocycles. The van der Waals surface area contributed by atoms with Crippen LogP contribution in [-0.4, -0.2) is 9.97 Å². The molecule has 0 saturated heterocycles. The molecule has 0 saturated carbocycles. The van der Waals surface area contributed by atoms with Crippen LogP contribution in [0.2, 0.25) is 5.02 Å². The SMILES string of the molecule is Clc1cc(-c2cccc3cccnc23)cc(-c2cccc3cccnc23)c1. The van der Waals surface area contributed by atoms with E-state index >= 15 is 0 Å². The van der Waals surface area contributed by atoms with Crippen LogP contribution in [0.1, 0.15) is 0 Å². The van der Waals surface area contributed by atoms with E-state index in [1.807, 2.05) is 36.7 Å². The van der Waals surface area contributed by atoms with E-state index in [9.17, 15) is 0 Å². The number of fused-ring (bicyclic) bond motifs is 2. The minimum Gasteiger partial charge on any atom is -0.256 e. The lowest BCUT2D eigenvalue weighted by atomic mass is 9.96. The number of pyridine rings is 2. The van der Waals surface area contributed by atoms with Gasteiger partial charge in [0, 0.05) is 39.3 Å². The molecule has 128 valence electrons. The number of nitrogens with zero attached hydrogens (tertiary/aromatic N) is 2. The van der Waals surface area contributed by atoms with Crippen LogP contribution in [0.15, 0.2) is 91.3 Å². The van der Waals surface area contributed by atoms with Gasteiger partial charge in [0.15, 0.2) is 0 Å². The van der Waals surface area contributed by atoms with Crippen molar-refractivity contribution in [3.8, 4) is 22.3 Å². The van der Waals surface area contributed by atoms with E-state index in [2.05, 4.69) is 64.6 Å². The van der Waals surface area contributed by atoms with Gasteiger partial charge in [0.2, 0.25) is 0 Å². The van der Waals surface area contributed by atoms with E-state index in [0.29, 0.717) is 5.02 Å². The fraction of sp³-hybridized carbons (Fsp3) is 0. The van der Waals surface area contributed by atoms with Gasteiger partial charge >= 0.3 is 0 Å². The Kier molecular flexibility index (Phi) is 3.84. The maximum absolute atomic E-state index is 6.51. The summed E-state index contributed by atoms with van der Waals surface area (Å²) in [6, 6.07) is 26.7. The smallest absolute Gasteiger partial charge is 0.0780 e. The molecule has 2 nitrogen and oxygen atoms in total. The Labute approximate surface area is 162 Å². The van der Waals surface area contributed by atoms with Gasteiger partial charge in [-0.1, -0.05) is 60.1 Å². The number of para-hydroxylation sites is 2. The zero-order valence-electron chi connectivity index (χ0n) is 14.4. The highest BCUT2D eigenvalue weighted by atomic mass is 35.5. The van der Waals surface area contributed by atoms with Crippen LogP contribution < -0.4 is 0 Å². The third-order valence-corrected chi connectivity index (χ3v) is 5.00. The summed E-state index contributed by atoms with van der Waals surface area (Å²) in [6.07, 6.45) is 3.65. The minimum atomic E-state index is 0.698. The highest BCUT2D eigenvalue weighted by Crippen LogP contribution is 2.35. The van der Waals surface area contributed by atoms with E-state index in [4.69, 9.17) is 11.6 Å². The molecule has 0 aliphatic heterocycles. The summed E-state index contributed by atoms with van der Waals surface area (Å²) >= 11 is 6.51. The van der Waals surface area contributed by atoms with Crippen LogP contribution in [-0.2, 0) is 0 Å². The fourth-order valence-electron chi connectivity index (χ4n) is 3.57. The van der Waals surface area contributed by atoms with Crippen LogP contribution in [0.5, 0.6) is 0 Å². The van der Waals surface area contributed by atoms with Gasteiger partial charge in [-0.2, -0.15) is 0 Å². The first kappa shape index (κ1) is 16.0. The number of hydrogen-bond acceptors (Lipinski definition) is 2. The lowest BCUT2D eigenvalue weighted by Crippen LogP contribution is -1.88. The number of hydrogen-bond donors (Lipinski definition) is 0. The van der Waals surface area contributed by atoms with Crippen LogP contribution in [0.25, 0.3) is 44.1 Å². The topological polar surface area (TPSA) is 25.8 Å². The molecule has 3 aromatic carbocycles. The monoisotopic (exact) mass is 366 g/mol. The first-order valence-electron chi connectivity index (χ1n) is 8.78. The Balaban J connectivity index is 1.76. The molecule has 0 atom stereocenters. The Hall–Kier alpha value is -3.23. The predicted molar refractivity (Wildman–Crippen MR) is 113 cm³/mol. The van der Waals surface area contributed by atoms with E-state index in [1.165, 1.54) is 0 Å². The summed E-state index contributed by atoms with van der Waals surface area (Å²) in [5.74, 6) is 0. The minimum absolute atomic E-state index is 0.698. The van der Waals surface area contributed by atoms with Crippen molar-refractivity contribution in [3.63, 3.8) is 0 Å². The summed E-state index contributed by atoms with van der Waals surface area (Å²) in [7, 11) is 0. The molecule has 27 heavy (non-hydrogen) atoms. The van der Waals surface area contributed by atoms with Gasteiger partial charge in [-0.3, -0.25) is 9.97 Å². The van der Waals surface area contributed by atoms with Gasteiger partial charge in [-0.25, -0.2) is 0 Å². The molecule has 0 amide bonds. The highest BCUT2D eigenvalue weighted by molar-refractivity contribution is 6.31. The molecule has 0 radical (unpaired) electrons. The first-order valence-corrected chi connectivity index (χ1v) is 9.16. The Morgan fingerprint density at radius 1 is 0.556 bits per heavy atom. The second-order valence-corrected chi connectivity index (χ2v) is 6.93. The van der Waals surface area contributed by atoms with Crippen LogP contribution >= 0.6 is 11.6 Å². The lowest BCUT2D eigenvalue weighted by molar-refractivity contribution is 1.41. The quantitative estimate of drug-likeness (QED) is 0.344. The van der Waals surface area contributed by atoms with Crippen LogP contribution in [0.3, 0.4) is 0 Å².